The van der Waals surface area contributed by atoms with Crippen LogP contribution in [0.4, 0.5) is 0 Å². The van der Waals surface area contributed by atoms with Gasteiger partial charge >= 0.3 is 0 Å². The van der Waals surface area contributed by atoms with E-state index in [4.69, 9.17) is 24.8 Å². The Morgan fingerprint density at radius 3 is 1.83 bits per heavy atom. The van der Waals surface area contributed by atoms with Gasteiger partial charge in [0.2, 0.25) is 0 Å². The molecule has 130 valence electrons. The summed E-state index contributed by atoms with van der Waals surface area (Å²) in [6.07, 6.45) is 14.4. The fourth-order valence-electron chi connectivity index (χ4n) is 2.96. The lowest BCUT2D eigenvalue weighted by atomic mass is 9.93. The van der Waals surface area contributed by atoms with E-state index in [1.807, 2.05) is 18.2 Å². The molecule has 0 nitrogen and oxygen atoms in total. The number of hydrogen-bond acceptors (Lipinski definition) is 2. The van der Waals surface area contributed by atoms with Crippen LogP contribution >= 0.6 is 37.5 Å². The first kappa shape index (κ1) is 21.1. The molecule has 0 fully saturated rings. The highest BCUT2D eigenvalue weighted by Crippen LogP contribution is 2.37. The largest absolute Gasteiger partial charge is 0.161 e. The highest BCUT2D eigenvalue weighted by molar-refractivity contribution is 8.13. The maximum atomic E-state index is 5.37. The summed E-state index contributed by atoms with van der Waals surface area (Å²) >= 11 is 14.7. The topological polar surface area (TPSA) is 0 Å². The molecule has 0 amide bonds. The Balaban J connectivity index is 2.21. The molecule has 0 aliphatic heterocycles. The Hall–Kier alpha value is 0.01000. The quantitative estimate of drug-likeness (QED) is 0.208. The zero-order valence-electron chi connectivity index (χ0n) is 14.5. The van der Waals surface area contributed by atoms with Gasteiger partial charge in [-0.2, -0.15) is 12.6 Å². The van der Waals surface area contributed by atoms with E-state index in [9.17, 15) is 0 Å². The van der Waals surface area contributed by atoms with Crippen molar-refractivity contribution in [3.63, 3.8) is 0 Å². The van der Waals surface area contributed by atoms with Crippen molar-refractivity contribution < 1.29 is 0 Å². The number of thiol groups is 2. The second-order valence-electron chi connectivity index (χ2n) is 6.46. The van der Waals surface area contributed by atoms with Gasteiger partial charge in [0.1, 0.15) is 0 Å². The van der Waals surface area contributed by atoms with Crippen molar-refractivity contribution >= 4 is 41.7 Å². The predicted octanol–water partition coefficient (Wildman–Crippen LogP) is 7.38. The number of unbranched alkanes of at least 4 members (excludes halogenated alkanes) is 9. The van der Waals surface area contributed by atoms with Crippen molar-refractivity contribution in [3.8, 4) is 0 Å². The Bertz CT molecular complexity index is 430. The average molecular weight is 369 g/mol. The molecule has 0 aliphatic rings. The molecule has 1 aromatic rings. The third-order valence-corrected chi connectivity index (χ3v) is 6.26. The van der Waals surface area contributed by atoms with Crippen molar-refractivity contribution in [2.45, 2.75) is 82.3 Å². The fourth-order valence-corrected chi connectivity index (χ4v) is 3.72. The lowest BCUT2D eigenvalue weighted by Crippen LogP contribution is -2.25. The highest BCUT2D eigenvalue weighted by Gasteiger charge is 2.30. The monoisotopic (exact) mass is 368 g/mol. The maximum absolute atomic E-state index is 5.37. The maximum Gasteiger partial charge on any atom is 0.0785 e. The van der Waals surface area contributed by atoms with Crippen LogP contribution in [0.15, 0.2) is 30.3 Å². The second kappa shape index (κ2) is 12.4. The van der Waals surface area contributed by atoms with E-state index in [0.717, 1.165) is 12.8 Å². The summed E-state index contributed by atoms with van der Waals surface area (Å²) in [5.74, 6) is 0. The third-order valence-electron chi connectivity index (χ3n) is 4.50. The van der Waals surface area contributed by atoms with Gasteiger partial charge in [-0.15, -0.1) is 12.6 Å². The van der Waals surface area contributed by atoms with Gasteiger partial charge in [-0.25, -0.2) is 0 Å². The molecular formula is C20H32S3. The first-order valence-electron chi connectivity index (χ1n) is 9.12. The summed E-state index contributed by atoms with van der Waals surface area (Å²) in [4.78, 5) is 0. The second-order valence-corrected chi connectivity index (χ2v) is 8.38. The van der Waals surface area contributed by atoms with E-state index in [-0.39, 0.29) is 4.75 Å². The number of benzene rings is 1. The standard InChI is InChI=1S/C20H32S3/c1-2-3-4-5-6-7-8-9-10-14-17-20(23,19(21)22)18-15-12-11-13-16-18/h11-13,15-16,23H,2-10,14,17H2,1H3,(H,21,22). The minimum absolute atomic E-state index is 0.375. The van der Waals surface area contributed by atoms with Crippen LogP contribution in [-0.4, -0.2) is 4.20 Å². The normalized spacial score (nSPS) is 13.7. The Morgan fingerprint density at radius 1 is 0.870 bits per heavy atom. The van der Waals surface area contributed by atoms with E-state index in [1.165, 1.54) is 63.4 Å². The molecule has 1 unspecified atom stereocenters. The van der Waals surface area contributed by atoms with Gasteiger partial charge in [-0.1, -0.05) is 114 Å². The Kier molecular flexibility index (Phi) is 11.3. The molecule has 0 aromatic heterocycles. The minimum Gasteiger partial charge on any atom is -0.161 e. The molecule has 1 rings (SSSR count). The predicted molar refractivity (Wildman–Crippen MR) is 115 cm³/mol. The Morgan fingerprint density at radius 2 is 1.35 bits per heavy atom. The van der Waals surface area contributed by atoms with Crippen molar-refractivity contribution in [1.29, 1.82) is 0 Å². The van der Waals surface area contributed by atoms with E-state index >= 15 is 0 Å². The molecule has 1 atom stereocenters. The highest BCUT2D eigenvalue weighted by atomic mass is 32.1. The van der Waals surface area contributed by atoms with Crippen LogP contribution in [-0.2, 0) is 4.75 Å². The van der Waals surface area contributed by atoms with Crippen molar-refractivity contribution in [3.05, 3.63) is 35.9 Å². The molecule has 0 saturated carbocycles. The summed E-state index contributed by atoms with van der Waals surface area (Å²) in [5, 5.41) is 0. The summed E-state index contributed by atoms with van der Waals surface area (Å²) < 4.78 is 0.308. The molecule has 0 N–H and O–H groups in total. The van der Waals surface area contributed by atoms with Crippen LogP contribution in [0.5, 0.6) is 0 Å². The zero-order valence-corrected chi connectivity index (χ0v) is 17.1. The molecule has 0 radical (unpaired) electrons. The lowest BCUT2D eigenvalue weighted by Gasteiger charge is -2.28. The summed E-state index contributed by atoms with van der Waals surface area (Å²) in [6.45, 7) is 2.27. The van der Waals surface area contributed by atoms with Gasteiger partial charge in [0.05, 0.1) is 8.94 Å². The molecule has 3 heteroatoms. The van der Waals surface area contributed by atoms with Crippen LogP contribution in [0.2, 0.25) is 0 Å². The molecule has 0 heterocycles. The van der Waals surface area contributed by atoms with E-state index in [1.54, 1.807) is 0 Å². The molecule has 0 saturated heterocycles. The Labute approximate surface area is 159 Å². The number of thiocarbonyl (C=S) groups is 1. The lowest BCUT2D eigenvalue weighted by molar-refractivity contribution is 0.541. The van der Waals surface area contributed by atoms with Crippen LogP contribution in [0.25, 0.3) is 0 Å². The van der Waals surface area contributed by atoms with Crippen molar-refractivity contribution in [1.82, 2.24) is 0 Å². The van der Waals surface area contributed by atoms with Crippen LogP contribution in [0, 0.1) is 0 Å². The van der Waals surface area contributed by atoms with E-state index in [2.05, 4.69) is 31.7 Å². The summed E-state index contributed by atoms with van der Waals surface area (Å²) in [7, 11) is 0. The molecule has 0 aliphatic carbocycles. The van der Waals surface area contributed by atoms with Crippen molar-refractivity contribution in [2.24, 2.45) is 0 Å². The van der Waals surface area contributed by atoms with Crippen LogP contribution < -0.4 is 0 Å². The summed E-state index contributed by atoms with van der Waals surface area (Å²) in [6, 6.07) is 10.3. The first-order valence-corrected chi connectivity index (χ1v) is 10.4. The molecule has 23 heavy (non-hydrogen) atoms. The fraction of sp³-hybridized carbons (Fsp3) is 0.650. The molecule has 1 aromatic carbocycles. The number of hydrogen-bond donors (Lipinski definition) is 2. The third kappa shape index (κ3) is 8.09. The van der Waals surface area contributed by atoms with E-state index in [0.29, 0.717) is 4.20 Å². The van der Waals surface area contributed by atoms with Gasteiger partial charge in [0, 0.05) is 0 Å². The zero-order chi connectivity index (χ0) is 17.0. The van der Waals surface area contributed by atoms with Crippen LogP contribution in [0.1, 0.15) is 83.1 Å². The van der Waals surface area contributed by atoms with Gasteiger partial charge in [-0.3, -0.25) is 0 Å². The van der Waals surface area contributed by atoms with Crippen LogP contribution in [0.3, 0.4) is 0 Å². The minimum atomic E-state index is -0.375. The van der Waals surface area contributed by atoms with Crippen molar-refractivity contribution in [2.75, 3.05) is 0 Å². The van der Waals surface area contributed by atoms with Gasteiger partial charge < -0.3 is 0 Å². The van der Waals surface area contributed by atoms with Gasteiger partial charge in [0.15, 0.2) is 0 Å². The van der Waals surface area contributed by atoms with Gasteiger partial charge in [-0.05, 0) is 12.0 Å². The molecule has 0 bridgehead atoms. The number of rotatable bonds is 13. The first-order chi connectivity index (χ1) is 11.1. The van der Waals surface area contributed by atoms with E-state index < -0.39 is 0 Å². The van der Waals surface area contributed by atoms with Gasteiger partial charge in [0.25, 0.3) is 0 Å². The summed E-state index contributed by atoms with van der Waals surface area (Å²) in [5.41, 5.74) is 1.17. The average Bonchev–Trinajstić information content (AvgIpc) is 2.57. The molecular weight excluding hydrogens is 336 g/mol. The SMILES string of the molecule is CCCCCCCCCCCCC(S)(C(=S)S)c1ccccc1. The smallest absolute Gasteiger partial charge is 0.0785 e. The molecule has 0 spiro atoms.